The van der Waals surface area contributed by atoms with Crippen LogP contribution >= 0.6 is 11.3 Å². The van der Waals surface area contributed by atoms with E-state index in [-0.39, 0.29) is 5.92 Å². The molecule has 2 heterocycles. The molecule has 3 N–H and O–H groups in total. The lowest BCUT2D eigenvalue weighted by Gasteiger charge is -2.26. The second-order valence-electron chi connectivity index (χ2n) is 9.08. The van der Waals surface area contributed by atoms with Crippen molar-refractivity contribution in [3.63, 3.8) is 0 Å². The first kappa shape index (κ1) is 22.2. The van der Waals surface area contributed by atoms with Crippen molar-refractivity contribution < 1.29 is 19.2 Å². The summed E-state index contributed by atoms with van der Waals surface area (Å²) in [5.41, 5.74) is 7.55. The number of anilines is 1. The van der Waals surface area contributed by atoms with Gasteiger partial charge in [-0.1, -0.05) is 32.9 Å². The van der Waals surface area contributed by atoms with Crippen LogP contribution in [0.1, 0.15) is 75.1 Å². The maximum Gasteiger partial charge on any atom is 0.262 e. The third-order valence-electron chi connectivity index (χ3n) is 6.13. The number of carbonyl (C=O) groups excluding carboxylic acids is 4. The standard InChI is InChI=1S/C24H27N3O4S/c1-12(2)10-17(27-23(30)14-6-4-5-7-15(14)24(27)31)21(29)26-22-19(20(25)28)16-9-8-13(3)11-18(16)32-22/h4-7,12-13,17H,8-11H2,1-3H3,(H2,25,28)(H,26,29)/t13-,17+/m1/s1. The van der Waals surface area contributed by atoms with Crippen molar-refractivity contribution in [3.8, 4) is 0 Å². The van der Waals surface area contributed by atoms with Crippen LogP contribution in [0.5, 0.6) is 0 Å². The number of amides is 4. The van der Waals surface area contributed by atoms with Crippen LogP contribution in [-0.2, 0) is 17.6 Å². The summed E-state index contributed by atoms with van der Waals surface area (Å²) in [5, 5.41) is 3.26. The second-order valence-corrected chi connectivity index (χ2v) is 10.2. The first-order valence-corrected chi connectivity index (χ1v) is 11.7. The minimum absolute atomic E-state index is 0.0584. The van der Waals surface area contributed by atoms with E-state index in [4.69, 9.17) is 5.73 Å². The van der Waals surface area contributed by atoms with E-state index in [2.05, 4.69) is 12.2 Å². The maximum absolute atomic E-state index is 13.4. The fourth-order valence-corrected chi connectivity index (χ4v) is 5.98. The van der Waals surface area contributed by atoms with Gasteiger partial charge in [-0.3, -0.25) is 24.1 Å². The van der Waals surface area contributed by atoms with Crippen LogP contribution in [0.4, 0.5) is 5.00 Å². The number of primary amides is 1. The summed E-state index contributed by atoms with van der Waals surface area (Å²) in [5.74, 6) is -1.45. The molecule has 8 heteroatoms. The van der Waals surface area contributed by atoms with Gasteiger partial charge in [0.2, 0.25) is 5.91 Å². The van der Waals surface area contributed by atoms with Crippen molar-refractivity contribution in [3.05, 3.63) is 51.4 Å². The molecule has 2 aliphatic rings. The Balaban J connectivity index is 1.67. The van der Waals surface area contributed by atoms with Crippen molar-refractivity contribution in [2.24, 2.45) is 17.6 Å². The number of hydrogen-bond acceptors (Lipinski definition) is 5. The monoisotopic (exact) mass is 453 g/mol. The highest BCUT2D eigenvalue weighted by Gasteiger charge is 2.43. The van der Waals surface area contributed by atoms with Gasteiger partial charge in [0.05, 0.1) is 16.7 Å². The first-order valence-electron chi connectivity index (χ1n) is 10.9. The van der Waals surface area contributed by atoms with E-state index in [1.54, 1.807) is 24.3 Å². The van der Waals surface area contributed by atoms with Gasteiger partial charge in [-0.05, 0) is 55.2 Å². The number of benzene rings is 1. The number of nitrogens with one attached hydrogen (secondary N) is 1. The zero-order chi connectivity index (χ0) is 23.2. The Morgan fingerprint density at radius 1 is 1.19 bits per heavy atom. The molecular weight excluding hydrogens is 426 g/mol. The van der Waals surface area contributed by atoms with Crippen molar-refractivity contribution >= 4 is 40.0 Å². The molecule has 2 aromatic rings. The second kappa shape index (κ2) is 8.50. The molecule has 0 bridgehead atoms. The van der Waals surface area contributed by atoms with E-state index in [1.807, 2.05) is 13.8 Å². The van der Waals surface area contributed by atoms with Crippen LogP contribution in [0.15, 0.2) is 24.3 Å². The molecule has 1 aromatic heterocycles. The number of nitrogens with two attached hydrogens (primary N) is 1. The summed E-state index contributed by atoms with van der Waals surface area (Å²) in [6, 6.07) is 5.60. The SMILES string of the molecule is CC(C)C[C@@H](C(=O)Nc1sc2c(c1C(N)=O)CC[C@@H](C)C2)N1C(=O)c2ccccc2C1=O. The molecule has 4 amide bonds. The quantitative estimate of drug-likeness (QED) is 0.651. The number of imide groups is 1. The fraction of sp³-hybridized carbons (Fsp3) is 0.417. The molecule has 0 spiro atoms. The van der Waals surface area contributed by atoms with Crippen molar-refractivity contribution in [1.29, 1.82) is 0 Å². The van der Waals surface area contributed by atoms with E-state index in [1.165, 1.54) is 11.3 Å². The summed E-state index contributed by atoms with van der Waals surface area (Å²) in [4.78, 5) is 53.8. The highest BCUT2D eigenvalue weighted by atomic mass is 32.1. The van der Waals surface area contributed by atoms with Gasteiger partial charge in [0.25, 0.3) is 17.7 Å². The molecule has 1 aliphatic carbocycles. The lowest BCUT2D eigenvalue weighted by atomic mass is 9.88. The van der Waals surface area contributed by atoms with Gasteiger partial charge in [0.1, 0.15) is 11.0 Å². The minimum Gasteiger partial charge on any atom is -0.365 e. The summed E-state index contributed by atoms with van der Waals surface area (Å²) in [7, 11) is 0. The Labute approximate surface area is 191 Å². The highest BCUT2D eigenvalue weighted by molar-refractivity contribution is 7.17. The topological polar surface area (TPSA) is 110 Å². The molecule has 1 aromatic carbocycles. The Morgan fingerprint density at radius 3 is 2.38 bits per heavy atom. The van der Waals surface area contributed by atoms with Gasteiger partial charge < -0.3 is 11.1 Å². The maximum atomic E-state index is 13.4. The summed E-state index contributed by atoms with van der Waals surface area (Å²) < 4.78 is 0. The molecule has 168 valence electrons. The van der Waals surface area contributed by atoms with Crippen LogP contribution in [0.25, 0.3) is 0 Å². The van der Waals surface area contributed by atoms with Crippen molar-refractivity contribution in [2.75, 3.05) is 5.32 Å². The molecule has 0 radical (unpaired) electrons. The van der Waals surface area contributed by atoms with E-state index in [9.17, 15) is 19.2 Å². The van der Waals surface area contributed by atoms with E-state index < -0.39 is 29.7 Å². The van der Waals surface area contributed by atoms with Gasteiger partial charge in [-0.15, -0.1) is 11.3 Å². The summed E-state index contributed by atoms with van der Waals surface area (Å²) in [6.07, 6.45) is 2.85. The number of hydrogen-bond donors (Lipinski definition) is 2. The average molecular weight is 454 g/mol. The molecule has 1 aliphatic heterocycles. The largest absolute Gasteiger partial charge is 0.365 e. The molecule has 2 atom stereocenters. The Morgan fingerprint density at radius 2 is 1.81 bits per heavy atom. The van der Waals surface area contributed by atoms with E-state index in [0.29, 0.717) is 34.0 Å². The van der Waals surface area contributed by atoms with Gasteiger partial charge >= 0.3 is 0 Å². The van der Waals surface area contributed by atoms with Crippen molar-refractivity contribution in [1.82, 2.24) is 4.90 Å². The van der Waals surface area contributed by atoms with Crippen molar-refractivity contribution in [2.45, 2.75) is 52.5 Å². The number of rotatable bonds is 6. The fourth-order valence-electron chi connectivity index (χ4n) is 4.56. The van der Waals surface area contributed by atoms with Gasteiger partial charge in [0, 0.05) is 4.88 Å². The summed E-state index contributed by atoms with van der Waals surface area (Å²) >= 11 is 1.37. The zero-order valence-electron chi connectivity index (χ0n) is 18.4. The van der Waals surface area contributed by atoms with Crippen LogP contribution in [0.2, 0.25) is 0 Å². The third-order valence-corrected chi connectivity index (χ3v) is 7.30. The summed E-state index contributed by atoms with van der Waals surface area (Å²) in [6.45, 7) is 6.02. The lowest BCUT2D eigenvalue weighted by Crippen LogP contribution is -2.48. The molecule has 32 heavy (non-hydrogen) atoms. The Kier molecular flexibility index (Phi) is 5.90. The van der Waals surface area contributed by atoms with Crippen LogP contribution in [-0.4, -0.2) is 34.6 Å². The van der Waals surface area contributed by atoms with Crippen LogP contribution < -0.4 is 11.1 Å². The lowest BCUT2D eigenvalue weighted by molar-refractivity contribution is -0.120. The normalized spacial score (nSPS) is 18.5. The molecule has 0 saturated heterocycles. The molecule has 7 nitrogen and oxygen atoms in total. The predicted octanol–water partition coefficient (Wildman–Crippen LogP) is 3.62. The number of fused-ring (bicyclic) bond motifs is 2. The molecule has 4 rings (SSSR count). The Hall–Kier alpha value is -3.00. The molecule has 0 unspecified atom stereocenters. The first-order chi connectivity index (χ1) is 15.2. The third kappa shape index (κ3) is 3.83. The van der Waals surface area contributed by atoms with E-state index in [0.717, 1.165) is 34.6 Å². The molecule has 0 saturated carbocycles. The predicted molar refractivity (Wildman–Crippen MR) is 123 cm³/mol. The molecule has 0 fully saturated rings. The van der Waals surface area contributed by atoms with Gasteiger partial charge in [0.15, 0.2) is 0 Å². The smallest absolute Gasteiger partial charge is 0.262 e. The zero-order valence-corrected chi connectivity index (χ0v) is 19.3. The van der Waals surface area contributed by atoms with Crippen LogP contribution in [0.3, 0.4) is 0 Å². The molecular formula is C24H27N3O4S. The number of carbonyl (C=O) groups is 4. The number of thiophene rings is 1. The minimum atomic E-state index is -0.985. The average Bonchev–Trinajstić information content (AvgIpc) is 3.20. The highest BCUT2D eigenvalue weighted by Crippen LogP contribution is 2.40. The number of nitrogens with zero attached hydrogens (tertiary/aromatic N) is 1. The van der Waals surface area contributed by atoms with Gasteiger partial charge in [-0.2, -0.15) is 0 Å². The Bertz CT molecular complexity index is 1090. The van der Waals surface area contributed by atoms with Gasteiger partial charge in [-0.25, -0.2) is 0 Å². The van der Waals surface area contributed by atoms with E-state index >= 15 is 0 Å². The van der Waals surface area contributed by atoms with Crippen LogP contribution in [0, 0.1) is 11.8 Å².